The second kappa shape index (κ2) is 12.4. The van der Waals surface area contributed by atoms with Gasteiger partial charge >= 0.3 is 0 Å². The molecule has 0 spiro atoms. The minimum Gasteiger partial charge on any atom is -0.484 e. The minimum atomic E-state index is -0.740. The first-order valence-electron chi connectivity index (χ1n) is 11.1. The molecule has 2 amide bonds. The molecule has 172 valence electrons. The predicted octanol–water partition coefficient (Wildman–Crippen LogP) is 4.37. The molecule has 3 aromatic carbocycles. The van der Waals surface area contributed by atoms with Gasteiger partial charge in [0.1, 0.15) is 17.6 Å². The van der Waals surface area contributed by atoms with Gasteiger partial charge in [-0.3, -0.25) is 9.59 Å². The molecule has 0 aromatic heterocycles. The maximum Gasteiger partial charge on any atom is 0.261 e. The fourth-order valence-corrected chi connectivity index (χ4v) is 3.45. The number of ether oxygens (including phenoxy) is 1. The summed E-state index contributed by atoms with van der Waals surface area (Å²) in [5.74, 6) is -0.333. The SMILES string of the molecule is CCCNC(=O)C(Cc1ccccc1)N(Cc1ccc(F)cc1)C(=O)COc1ccccc1. The molecule has 0 saturated carbocycles. The van der Waals surface area contributed by atoms with E-state index >= 15 is 0 Å². The Hall–Kier alpha value is -3.67. The molecule has 3 rings (SSSR count). The van der Waals surface area contributed by atoms with Crippen LogP contribution in [0.1, 0.15) is 24.5 Å². The van der Waals surface area contributed by atoms with Gasteiger partial charge in [-0.15, -0.1) is 0 Å². The van der Waals surface area contributed by atoms with E-state index < -0.39 is 6.04 Å². The molecule has 0 heterocycles. The molecule has 5 nitrogen and oxygen atoms in total. The number of para-hydroxylation sites is 1. The maximum absolute atomic E-state index is 13.4. The van der Waals surface area contributed by atoms with Gasteiger partial charge in [-0.25, -0.2) is 4.39 Å². The average molecular weight is 449 g/mol. The van der Waals surface area contributed by atoms with Gasteiger partial charge in [-0.2, -0.15) is 0 Å². The van der Waals surface area contributed by atoms with Crippen molar-refractivity contribution < 1.29 is 18.7 Å². The van der Waals surface area contributed by atoms with Crippen LogP contribution in [-0.4, -0.2) is 35.9 Å². The number of carbonyl (C=O) groups is 2. The van der Waals surface area contributed by atoms with Crippen LogP contribution in [0.15, 0.2) is 84.9 Å². The summed E-state index contributed by atoms with van der Waals surface area (Å²) < 4.78 is 19.1. The number of nitrogens with one attached hydrogen (secondary N) is 1. The van der Waals surface area contributed by atoms with E-state index in [0.29, 0.717) is 18.7 Å². The lowest BCUT2D eigenvalue weighted by molar-refractivity contribution is -0.142. The topological polar surface area (TPSA) is 58.6 Å². The highest BCUT2D eigenvalue weighted by molar-refractivity contribution is 5.88. The summed E-state index contributed by atoms with van der Waals surface area (Å²) in [6, 6.07) is 23.8. The molecule has 33 heavy (non-hydrogen) atoms. The van der Waals surface area contributed by atoms with Crippen LogP contribution in [0, 0.1) is 5.82 Å². The normalized spacial score (nSPS) is 11.5. The Bertz CT molecular complexity index is 1010. The summed E-state index contributed by atoms with van der Waals surface area (Å²) in [7, 11) is 0. The molecule has 0 bridgehead atoms. The lowest BCUT2D eigenvalue weighted by atomic mass is 10.0. The quantitative estimate of drug-likeness (QED) is 0.474. The summed E-state index contributed by atoms with van der Waals surface area (Å²) in [5.41, 5.74) is 1.67. The zero-order valence-corrected chi connectivity index (χ0v) is 18.7. The molecule has 0 radical (unpaired) electrons. The molecule has 0 saturated heterocycles. The van der Waals surface area contributed by atoms with E-state index in [-0.39, 0.29) is 30.8 Å². The number of halogens is 1. The van der Waals surface area contributed by atoms with Gasteiger partial charge in [-0.05, 0) is 41.8 Å². The van der Waals surface area contributed by atoms with E-state index in [1.807, 2.05) is 55.5 Å². The number of rotatable bonds is 11. The molecule has 6 heteroatoms. The molecular weight excluding hydrogens is 419 g/mol. The number of carbonyl (C=O) groups excluding carboxylic acids is 2. The van der Waals surface area contributed by atoms with Crippen molar-refractivity contribution in [3.05, 3.63) is 102 Å². The van der Waals surface area contributed by atoms with E-state index in [9.17, 15) is 14.0 Å². The summed E-state index contributed by atoms with van der Waals surface area (Å²) in [5, 5.41) is 2.92. The lowest BCUT2D eigenvalue weighted by Crippen LogP contribution is -2.51. The monoisotopic (exact) mass is 448 g/mol. The van der Waals surface area contributed by atoms with Crippen molar-refractivity contribution in [2.24, 2.45) is 0 Å². The minimum absolute atomic E-state index is 0.161. The van der Waals surface area contributed by atoms with Gasteiger partial charge in [0.15, 0.2) is 6.61 Å². The predicted molar refractivity (Wildman–Crippen MR) is 126 cm³/mol. The molecule has 1 N–H and O–H groups in total. The third-order valence-electron chi connectivity index (χ3n) is 5.19. The Balaban J connectivity index is 1.87. The van der Waals surface area contributed by atoms with Gasteiger partial charge < -0.3 is 15.0 Å². The highest BCUT2D eigenvalue weighted by Crippen LogP contribution is 2.16. The summed E-state index contributed by atoms with van der Waals surface area (Å²) in [4.78, 5) is 28.0. The zero-order valence-electron chi connectivity index (χ0n) is 18.7. The van der Waals surface area contributed by atoms with Gasteiger partial charge in [0, 0.05) is 19.5 Å². The molecule has 0 aliphatic rings. The first-order chi connectivity index (χ1) is 16.1. The second-order valence-corrected chi connectivity index (χ2v) is 7.75. The van der Waals surface area contributed by atoms with Crippen LogP contribution in [0.2, 0.25) is 0 Å². The summed E-state index contributed by atoms with van der Waals surface area (Å²) in [6.07, 6.45) is 1.14. The molecular formula is C27H29FN2O3. The molecule has 1 unspecified atom stereocenters. The molecule has 3 aromatic rings. The zero-order chi connectivity index (χ0) is 23.5. The van der Waals surface area contributed by atoms with Crippen molar-refractivity contribution in [2.45, 2.75) is 32.4 Å². The third-order valence-corrected chi connectivity index (χ3v) is 5.19. The number of nitrogens with zero attached hydrogens (tertiary/aromatic N) is 1. The molecule has 0 aliphatic heterocycles. The summed E-state index contributed by atoms with van der Waals surface area (Å²) in [6.45, 7) is 2.44. The van der Waals surface area contributed by atoms with Crippen LogP contribution in [0.3, 0.4) is 0 Å². The number of hydrogen-bond acceptors (Lipinski definition) is 3. The fourth-order valence-electron chi connectivity index (χ4n) is 3.45. The Morgan fingerprint density at radius 3 is 2.18 bits per heavy atom. The second-order valence-electron chi connectivity index (χ2n) is 7.75. The van der Waals surface area contributed by atoms with E-state index in [1.165, 1.54) is 17.0 Å². The number of amides is 2. The third kappa shape index (κ3) is 7.45. The molecule has 1 atom stereocenters. The van der Waals surface area contributed by atoms with E-state index in [1.54, 1.807) is 24.3 Å². The summed E-state index contributed by atoms with van der Waals surface area (Å²) >= 11 is 0. The highest BCUT2D eigenvalue weighted by Gasteiger charge is 2.30. The van der Waals surface area contributed by atoms with Crippen molar-refractivity contribution in [2.75, 3.05) is 13.2 Å². The van der Waals surface area contributed by atoms with Crippen molar-refractivity contribution in [3.8, 4) is 5.75 Å². The van der Waals surface area contributed by atoms with Crippen molar-refractivity contribution in [1.29, 1.82) is 0 Å². The first kappa shape index (κ1) is 24.0. The van der Waals surface area contributed by atoms with Gasteiger partial charge in [0.25, 0.3) is 5.91 Å². The number of hydrogen-bond donors (Lipinski definition) is 1. The largest absolute Gasteiger partial charge is 0.484 e. The molecule has 0 aliphatic carbocycles. The highest BCUT2D eigenvalue weighted by atomic mass is 19.1. The Kier molecular flexibility index (Phi) is 9.00. The maximum atomic E-state index is 13.4. The van der Waals surface area contributed by atoms with Crippen LogP contribution in [0.4, 0.5) is 4.39 Å². The average Bonchev–Trinajstić information content (AvgIpc) is 2.85. The van der Waals surface area contributed by atoms with Crippen molar-refractivity contribution in [3.63, 3.8) is 0 Å². The van der Waals surface area contributed by atoms with Crippen LogP contribution >= 0.6 is 0 Å². The van der Waals surface area contributed by atoms with Crippen molar-refractivity contribution in [1.82, 2.24) is 10.2 Å². The Morgan fingerprint density at radius 2 is 1.55 bits per heavy atom. The van der Waals surface area contributed by atoms with Gasteiger partial charge in [0.2, 0.25) is 5.91 Å². The van der Waals surface area contributed by atoms with Gasteiger partial charge in [-0.1, -0.05) is 67.6 Å². The smallest absolute Gasteiger partial charge is 0.261 e. The fraction of sp³-hybridized carbons (Fsp3) is 0.259. The van der Waals surface area contributed by atoms with E-state index in [0.717, 1.165) is 17.5 Å². The van der Waals surface area contributed by atoms with Crippen LogP contribution in [0.5, 0.6) is 5.75 Å². The van der Waals surface area contributed by atoms with E-state index in [2.05, 4.69) is 5.32 Å². The number of benzene rings is 3. The molecule has 0 fully saturated rings. The lowest BCUT2D eigenvalue weighted by Gasteiger charge is -2.31. The van der Waals surface area contributed by atoms with E-state index in [4.69, 9.17) is 4.74 Å². The van der Waals surface area contributed by atoms with Crippen LogP contribution < -0.4 is 10.1 Å². The Morgan fingerprint density at radius 1 is 0.909 bits per heavy atom. The van der Waals surface area contributed by atoms with Crippen LogP contribution in [0.25, 0.3) is 0 Å². The first-order valence-corrected chi connectivity index (χ1v) is 11.1. The van der Waals surface area contributed by atoms with Gasteiger partial charge in [0.05, 0.1) is 0 Å². The Labute approximate surface area is 194 Å². The van der Waals surface area contributed by atoms with Crippen molar-refractivity contribution >= 4 is 11.8 Å². The standard InChI is InChI=1S/C27H29FN2O3/c1-2-17-29-27(32)25(18-21-9-5-3-6-10-21)30(19-22-13-15-23(28)16-14-22)26(31)20-33-24-11-7-4-8-12-24/h3-16,25H,2,17-20H2,1H3,(H,29,32). The van der Waals surface area contributed by atoms with Crippen LogP contribution in [-0.2, 0) is 22.6 Å².